The van der Waals surface area contributed by atoms with Crippen LogP contribution in [0.5, 0.6) is 5.75 Å². The second-order valence-electron chi connectivity index (χ2n) is 5.05. The predicted octanol–water partition coefficient (Wildman–Crippen LogP) is 1.47. The van der Waals surface area contributed by atoms with E-state index in [-0.39, 0.29) is 11.7 Å². The van der Waals surface area contributed by atoms with E-state index in [9.17, 15) is 8.42 Å². The minimum absolute atomic E-state index is 0.146. The summed E-state index contributed by atoms with van der Waals surface area (Å²) < 4.78 is 28.5. The third-order valence-electron chi connectivity index (χ3n) is 3.61. The molecule has 0 saturated carbocycles. The number of benzene rings is 1. The Labute approximate surface area is 107 Å². The fourth-order valence-corrected chi connectivity index (χ4v) is 4.48. The normalized spacial score (nSPS) is 24.6. The molecule has 2 aliphatic rings. The number of fused-ring (bicyclic) bond motifs is 1. The quantitative estimate of drug-likeness (QED) is 0.901. The minimum Gasteiger partial charge on any atom is -0.491 e. The zero-order valence-electron chi connectivity index (χ0n) is 10.2. The fraction of sp³-hybridized carbons (Fsp3) is 0.538. The Morgan fingerprint density at radius 1 is 1.39 bits per heavy atom. The third-order valence-corrected chi connectivity index (χ3v) is 5.45. The van der Waals surface area contributed by atoms with Crippen LogP contribution in [0.25, 0.3) is 0 Å². The van der Waals surface area contributed by atoms with Gasteiger partial charge in [0.25, 0.3) is 0 Å². The number of hydrogen-bond donors (Lipinski definition) is 1. The Hall–Kier alpha value is -1.23. The van der Waals surface area contributed by atoms with Gasteiger partial charge in [-0.2, -0.15) is 0 Å². The van der Waals surface area contributed by atoms with Crippen molar-refractivity contribution in [1.82, 2.24) is 0 Å². The van der Waals surface area contributed by atoms with Crippen molar-refractivity contribution in [3.8, 4) is 5.75 Å². The Balaban J connectivity index is 1.66. The largest absolute Gasteiger partial charge is 0.491 e. The molecule has 5 heteroatoms. The second kappa shape index (κ2) is 4.46. The maximum Gasteiger partial charge on any atom is 0.150 e. The summed E-state index contributed by atoms with van der Waals surface area (Å²) in [4.78, 5) is 0. The summed E-state index contributed by atoms with van der Waals surface area (Å²) in [5, 5.41) is 3.32. The monoisotopic (exact) mass is 267 g/mol. The number of anilines is 1. The van der Waals surface area contributed by atoms with E-state index < -0.39 is 9.84 Å². The first kappa shape index (κ1) is 11.8. The zero-order chi connectivity index (χ0) is 12.6. The molecule has 1 aromatic rings. The van der Waals surface area contributed by atoms with E-state index in [1.807, 2.05) is 12.1 Å². The highest BCUT2D eigenvalue weighted by Crippen LogP contribution is 2.33. The molecule has 0 radical (unpaired) electrons. The van der Waals surface area contributed by atoms with Crippen molar-refractivity contribution in [1.29, 1.82) is 0 Å². The number of sulfone groups is 1. The van der Waals surface area contributed by atoms with Gasteiger partial charge in [-0.3, -0.25) is 0 Å². The van der Waals surface area contributed by atoms with Crippen molar-refractivity contribution in [3.63, 3.8) is 0 Å². The molecule has 0 aliphatic carbocycles. The molecule has 4 nitrogen and oxygen atoms in total. The first-order chi connectivity index (χ1) is 8.64. The lowest BCUT2D eigenvalue weighted by Crippen LogP contribution is -2.14. The summed E-state index contributed by atoms with van der Waals surface area (Å²) in [6.45, 7) is 1.45. The molecular formula is C13H17NO3S. The van der Waals surface area contributed by atoms with E-state index in [1.165, 1.54) is 5.56 Å². The van der Waals surface area contributed by atoms with Crippen LogP contribution in [-0.2, 0) is 16.3 Å². The van der Waals surface area contributed by atoms with Crippen LogP contribution in [0.15, 0.2) is 18.2 Å². The molecule has 1 atom stereocenters. The zero-order valence-corrected chi connectivity index (χ0v) is 11.0. The van der Waals surface area contributed by atoms with E-state index in [1.54, 1.807) is 0 Å². The Morgan fingerprint density at radius 3 is 3.06 bits per heavy atom. The molecule has 1 fully saturated rings. The van der Waals surface area contributed by atoms with Gasteiger partial charge in [0.05, 0.1) is 23.8 Å². The van der Waals surface area contributed by atoms with E-state index in [2.05, 4.69) is 11.4 Å². The van der Waals surface area contributed by atoms with Gasteiger partial charge in [0.1, 0.15) is 5.75 Å². The second-order valence-corrected chi connectivity index (χ2v) is 7.28. The SMILES string of the molecule is O=S1(=O)CCC(COc2cccc3c2NCC3)C1. The van der Waals surface area contributed by atoms with Crippen LogP contribution in [-0.4, -0.2) is 33.1 Å². The summed E-state index contributed by atoms with van der Waals surface area (Å²) in [7, 11) is -2.81. The molecule has 0 bridgehead atoms. The number of rotatable bonds is 3. The highest BCUT2D eigenvalue weighted by molar-refractivity contribution is 7.91. The average Bonchev–Trinajstić information content (AvgIpc) is 2.92. The van der Waals surface area contributed by atoms with Crippen LogP contribution in [0.2, 0.25) is 0 Å². The number of ether oxygens (including phenoxy) is 1. The van der Waals surface area contributed by atoms with Crippen LogP contribution in [0.3, 0.4) is 0 Å². The van der Waals surface area contributed by atoms with Gasteiger partial charge in [-0.05, 0) is 24.5 Å². The smallest absolute Gasteiger partial charge is 0.150 e. The molecule has 1 unspecified atom stereocenters. The Kier molecular flexibility index (Phi) is 2.93. The third kappa shape index (κ3) is 2.32. The lowest BCUT2D eigenvalue weighted by molar-refractivity contribution is 0.264. The molecule has 2 heterocycles. The Morgan fingerprint density at radius 2 is 2.28 bits per heavy atom. The summed E-state index contributed by atoms with van der Waals surface area (Å²) in [6, 6.07) is 6.04. The minimum atomic E-state index is -2.81. The topological polar surface area (TPSA) is 55.4 Å². The standard InChI is InChI=1S/C13H17NO3S/c15-18(16)7-5-10(9-18)8-17-12-3-1-2-11-4-6-14-13(11)12/h1-3,10,14H,4-9H2. The maximum atomic E-state index is 11.4. The van der Waals surface area contributed by atoms with Crippen molar-refractivity contribution < 1.29 is 13.2 Å². The Bertz CT molecular complexity index is 553. The molecule has 0 amide bonds. The van der Waals surface area contributed by atoms with Gasteiger partial charge < -0.3 is 10.1 Å². The molecule has 3 rings (SSSR count). The first-order valence-electron chi connectivity index (χ1n) is 6.33. The molecule has 1 N–H and O–H groups in total. The maximum absolute atomic E-state index is 11.4. The molecule has 98 valence electrons. The molecule has 0 spiro atoms. The van der Waals surface area contributed by atoms with Gasteiger partial charge >= 0.3 is 0 Å². The molecule has 1 saturated heterocycles. The molecule has 18 heavy (non-hydrogen) atoms. The fourth-order valence-electron chi connectivity index (χ4n) is 2.64. The first-order valence-corrected chi connectivity index (χ1v) is 8.15. The highest BCUT2D eigenvalue weighted by atomic mass is 32.2. The van der Waals surface area contributed by atoms with E-state index >= 15 is 0 Å². The van der Waals surface area contributed by atoms with Crippen molar-refractivity contribution in [2.75, 3.05) is 30.0 Å². The molecule has 1 aromatic carbocycles. The molecular weight excluding hydrogens is 250 g/mol. The van der Waals surface area contributed by atoms with Gasteiger partial charge in [-0.15, -0.1) is 0 Å². The van der Waals surface area contributed by atoms with Gasteiger partial charge in [0, 0.05) is 12.5 Å². The summed E-state index contributed by atoms with van der Waals surface area (Å²) in [6.07, 6.45) is 1.76. The average molecular weight is 267 g/mol. The van der Waals surface area contributed by atoms with Crippen molar-refractivity contribution in [3.05, 3.63) is 23.8 Å². The van der Waals surface area contributed by atoms with Crippen LogP contribution in [0, 0.1) is 5.92 Å². The van der Waals surface area contributed by atoms with Gasteiger partial charge in [-0.1, -0.05) is 12.1 Å². The number of para-hydroxylation sites is 1. The summed E-state index contributed by atoms with van der Waals surface area (Å²) >= 11 is 0. The van der Waals surface area contributed by atoms with E-state index in [0.29, 0.717) is 12.4 Å². The summed E-state index contributed by atoms with van der Waals surface area (Å²) in [5.74, 6) is 1.59. The van der Waals surface area contributed by atoms with Crippen molar-refractivity contribution in [2.45, 2.75) is 12.8 Å². The molecule has 0 aromatic heterocycles. The van der Waals surface area contributed by atoms with Gasteiger partial charge in [0.15, 0.2) is 9.84 Å². The van der Waals surface area contributed by atoms with E-state index in [0.717, 1.165) is 30.8 Å². The number of nitrogens with one attached hydrogen (secondary N) is 1. The van der Waals surface area contributed by atoms with Crippen LogP contribution >= 0.6 is 0 Å². The highest BCUT2D eigenvalue weighted by Gasteiger charge is 2.28. The molecule has 2 aliphatic heterocycles. The van der Waals surface area contributed by atoms with Gasteiger partial charge in [-0.25, -0.2) is 8.42 Å². The van der Waals surface area contributed by atoms with Crippen LogP contribution < -0.4 is 10.1 Å². The van der Waals surface area contributed by atoms with E-state index in [4.69, 9.17) is 4.74 Å². The predicted molar refractivity (Wildman–Crippen MR) is 70.9 cm³/mol. The van der Waals surface area contributed by atoms with Crippen molar-refractivity contribution >= 4 is 15.5 Å². The summed E-state index contributed by atoms with van der Waals surface area (Å²) in [5.41, 5.74) is 2.37. The lowest BCUT2D eigenvalue weighted by atomic mass is 10.1. The number of hydrogen-bond acceptors (Lipinski definition) is 4. The van der Waals surface area contributed by atoms with Crippen LogP contribution in [0.4, 0.5) is 5.69 Å². The van der Waals surface area contributed by atoms with Crippen molar-refractivity contribution in [2.24, 2.45) is 5.92 Å². The lowest BCUT2D eigenvalue weighted by Gasteiger charge is -2.13. The van der Waals surface area contributed by atoms with Gasteiger partial charge in [0.2, 0.25) is 0 Å². The van der Waals surface area contributed by atoms with Crippen LogP contribution in [0.1, 0.15) is 12.0 Å².